The summed E-state index contributed by atoms with van der Waals surface area (Å²) in [6.45, 7) is 15.6. The van der Waals surface area contributed by atoms with Crippen molar-refractivity contribution >= 4 is 29.5 Å². The van der Waals surface area contributed by atoms with E-state index >= 15 is 0 Å². The maximum atomic E-state index is 14.2. The minimum absolute atomic E-state index is 0.0755. The molecule has 1 aliphatic rings. The minimum atomic E-state index is -0.952. The molecule has 1 aliphatic heterocycles. The molecule has 0 radical (unpaired) electrons. The summed E-state index contributed by atoms with van der Waals surface area (Å²) in [7, 11) is 1.76. The van der Waals surface area contributed by atoms with Crippen LogP contribution in [0.5, 0.6) is 5.88 Å². The van der Waals surface area contributed by atoms with Gasteiger partial charge in [0, 0.05) is 66.0 Å². The van der Waals surface area contributed by atoms with Crippen molar-refractivity contribution in [1.29, 1.82) is 0 Å². The van der Waals surface area contributed by atoms with E-state index in [2.05, 4.69) is 21.4 Å². The summed E-state index contributed by atoms with van der Waals surface area (Å²) in [5.74, 6) is -0.600. The first-order valence-electron chi connectivity index (χ1n) is 15.8. The molecule has 0 atom stereocenters. The Bertz CT molecular complexity index is 1530. The molecule has 0 spiro atoms. The Kier molecular flexibility index (Phi) is 14.4. The molecule has 246 valence electrons. The quantitative estimate of drug-likeness (QED) is 0.187. The first kappa shape index (κ1) is 36.5. The Labute approximate surface area is 278 Å². The summed E-state index contributed by atoms with van der Waals surface area (Å²) in [4.78, 5) is 25.2. The number of rotatable bonds is 13. The molecule has 7 nitrogen and oxygen atoms in total. The van der Waals surface area contributed by atoms with Crippen LogP contribution < -0.4 is 9.64 Å². The third kappa shape index (κ3) is 10.3. The molecular formula is C37H46ClFN4O3. The summed E-state index contributed by atoms with van der Waals surface area (Å²) >= 11 is 5.86. The number of aliphatic imine (C=N–C) groups is 1. The van der Waals surface area contributed by atoms with E-state index in [9.17, 15) is 14.3 Å². The summed E-state index contributed by atoms with van der Waals surface area (Å²) in [5, 5.41) is 9.99. The molecule has 0 unspecified atom stereocenters. The lowest BCUT2D eigenvalue weighted by Crippen LogP contribution is -2.38. The second-order valence-electron chi connectivity index (χ2n) is 11.0. The maximum absolute atomic E-state index is 14.2. The monoisotopic (exact) mass is 648 g/mol. The number of benzene rings is 2. The molecule has 4 rings (SSSR count). The zero-order valence-electron chi connectivity index (χ0n) is 27.6. The van der Waals surface area contributed by atoms with Crippen LogP contribution in [0.1, 0.15) is 73.1 Å². The van der Waals surface area contributed by atoms with Crippen molar-refractivity contribution in [3.8, 4) is 5.88 Å². The molecule has 0 bridgehead atoms. The Morgan fingerprint density at radius 3 is 2.59 bits per heavy atom. The van der Waals surface area contributed by atoms with Crippen LogP contribution in [0, 0.1) is 12.7 Å². The molecule has 0 saturated carbocycles. The fourth-order valence-corrected chi connectivity index (χ4v) is 5.59. The number of carbonyl (C=O) groups is 1. The lowest BCUT2D eigenvalue weighted by Gasteiger charge is -2.36. The summed E-state index contributed by atoms with van der Waals surface area (Å²) in [5.41, 5.74) is 5.52. The lowest BCUT2D eigenvalue weighted by atomic mass is 9.93. The predicted octanol–water partition coefficient (Wildman–Crippen LogP) is 8.72. The van der Waals surface area contributed by atoms with Crippen LogP contribution in [0.15, 0.2) is 83.5 Å². The SMILES string of the molecule is C=C(CN1CCC(c2cccc(OCc3ccc(Cl)cc3F)n2)CC1)N(CC/C(C=NC)=C/C)c1cc(C(=O)O)ccc1C.CC. The number of hydrogen-bond acceptors (Lipinski definition) is 6. The Hall–Kier alpha value is -4.01. The van der Waals surface area contributed by atoms with Crippen molar-refractivity contribution in [2.24, 2.45) is 4.99 Å². The highest BCUT2D eigenvalue weighted by molar-refractivity contribution is 6.30. The smallest absolute Gasteiger partial charge is 0.335 e. The van der Waals surface area contributed by atoms with E-state index in [4.69, 9.17) is 21.3 Å². The first-order valence-corrected chi connectivity index (χ1v) is 16.2. The van der Waals surface area contributed by atoms with Gasteiger partial charge in [-0.1, -0.05) is 56.3 Å². The van der Waals surface area contributed by atoms with Gasteiger partial charge in [0.1, 0.15) is 12.4 Å². The molecule has 1 fully saturated rings. The standard InChI is InChI=1S/C35H40ClFN4O3.C2H6/c1-5-26(21-38-4)13-18-41(33-19-28(35(42)43)10-9-24(33)2)25(3)22-40-16-14-27(15-17-40)32-7-6-8-34(39-32)44-23-29-11-12-30(36)20-31(29)37;1-2/h5-12,19-21,27H,3,13-18,22-23H2,1-2,4H3,(H,42,43);1-2H3/b26-5-,38-21?;. The fraction of sp³-hybridized carbons (Fsp3) is 0.378. The number of piperidine rings is 1. The summed E-state index contributed by atoms with van der Waals surface area (Å²) < 4.78 is 20.0. The van der Waals surface area contributed by atoms with Gasteiger partial charge in [0.15, 0.2) is 0 Å². The number of carboxylic acid groups (broad SMARTS) is 1. The number of likely N-dealkylation sites (tertiary alicyclic amines) is 1. The molecule has 46 heavy (non-hydrogen) atoms. The molecule has 1 saturated heterocycles. The highest BCUT2D eigenvalue weighted by Crippen LogP contribution is 2.30. The molecule has 1 aromatic heterocycles. The van der Waals surface area contributed by atoms with E-state index in [-0.39, 0.29) is 18.1 Å². The van der Waals surface area contributed by atoms with Crippen molar-refractivity contribution in [1.82, 2.24) is 9.88 Å². The number of carboxylic acids is 1. The van der Waals surface area contributed by atoms with Gasteiger partial charge >= 0.3 is 5.97 Å². The molecular weight excluding hydrogens is 603 g/mol. The molecule has 1 N–H and O–H groups in total. The van der Waals surface area contributed by atoms with Crippen molar-refractivity contribution in [2.75, 3.05) is 38.1 Å². The molecule has 0 amide bonds. The van der Waals surface area contributed by atoms with E-state index in [0.717, 1.165) is 60.6 Å². The second kappa shape index (κ2) is 18.2. The predicted molar refractivity (Wildman–Crippen MR) is 187 cm³/mol. The minimum Gasteiger partial charge on any atom is -0.478 e. The van der Waals surface area contributed by atoms with E-state index in [1.54, 1.807) is 37.4 Å². The second-order valence-corrected chi connectivity index (χ2v) is 11.4. The Balaban J connectivity index is 0.00000282. The number of ether oxygens (including phenoxy) is 1. The Morgan fingerprint density at radius 1 is 1.20 bits per heavy atom. The van der Waals surface area contributed by atoms with Crippen LogP contribution in [0.2, 0.25) is 5.02 Å². The molecule has 0 aliphatic carbocycles. The third-order valence-corrected chi connectivity index (χ3v) is 8.20. The van der Waals surface area contributed by atoms with Gasteiger partial charge in [-0.2, -0.15) is 0 Å². The van der Waals surface area contributed by atoms with E-state index in [1.807, 2.05) is 58.2 Å². The van der Waals surface area contributed by atoms with E-state index < -0.39 is 11.8 Å². The summed E-state index contributed by atoms with van der Waals surface area (Å²) in [6, 6.07) is 15.5. The lowest BCUT2D eigenvalue weighted by molar-refractivity contribution is 0.0697. The molecule has 2 aromatic carbocycles. The number of hydrogen-bond donors (Lipinski definition) is 1. The van der Waals surface area contributed by atoms with Crippen molar-refractivity contribution in [3.63, 3.8) is 0 Å². The maximum Gasteiger partial charge on any atom is 0.335 e. The fourth-order valence-electron chi connectivity index (χ4n) is 5.43. The van der Waals surface area contributed by atoms with Gasteiger partial charge in [0.05, 0.1) is 5.56 Å². The van der Waals surface area contributed by atoms with Crippen LogP contribution >= 0.6 is 11.6 Å². The molecule has 9 heteroatoms. The topological polar surface area (TPSA) is 78.3 Å². The van der Waals surface area contributed by atoms with Crippen LogP contribution in [0.4, 0.5) is 10.1 Å². The average molecular weight is 649 g/mol. The molecule has 2 heterocycles. The zero-order valence-corrected chi connectivity index (χ0v) is 28.4. The van der Waals surface area contributed by atoms with E-state index in [0.29, 0.717) is 29.6 Å². The van der Waals surface area contributed by atoms with Gasteiger partial charge in [-0.05, 0) is 87.7 Å². The highest BCUT2D eigenvalue weighted by Gasteiger charge is 2.24. The molecule has 3 aromatic rings. The highest BCUT2D eigenvalue weighted by atomic mass is 35.5. The van der Waals surface area contributed by atoms with Gasteiger partial charge in [0.25, 0.3) is 0 Å². The normalized spacial score (nSPS) is 14.1. The average Bonchev–Trinajstić information content (AvgIpc) is 3.06. The number of aryl methyl sites for hydroxylation is 1. The number of aromatic carboxylic acids is 1. The zero-order chi connectivity index (χ0) is 33.6. The van der Waals surface area contributed by atoms with Gasteiger partial charge in [-0.3, -0.25) is 9.89 Å². The Morgan fingerprint density at radius 2 is 1.93 bits per heavy atom. The number of pyridine rings is 1. The third-order valence-electron chi connectivity index (χ3n) is 7.97. The van der Waals surface area contributed by atoms with Crippen LogP contribution in [0.25, 0.3) is 0 Å². The van der Waals surface area contributed by atoms with E-state index in [1.165, 1.54) is 6.07 Å². The largest absolute Gasteiger partial charge is 0.478 e. The van der Waals surface area contributed by atoms with Crippen molar-refractivity contribution in [2.45, 2.75) is 59.5 Å². The van der Waals surface area contributed by atoms with Gasteiger partial charge < -0.3 is 14.7 Å². The van der Waals surface area contributed by atoms with Crippen LogP contribution in [-0.2, 0) is 6.61 Å². The number of allylic oxidation sites excluding steroid dienone is 1. The first-order chi connectivity index (χ1) is 22.2. The summed E-state index contributed by atoms with van der Waals surface area (Å²) in [6.07, 6.45) is 6.51. The van der Waals surface area contributed by atoms with Crippen LogP contribution in [0.3, 0.4) is 0 Å². The number of aromatic nitrogens is 1. The van der Waals surface area contributed by atoms with Gasteiger partial charge in [0.2, 0.25) is 5.88 Å². The van der Waals surface area contributed by atoms with Crippen molar-refractivity contribution in [3.05, 3.63) is 112 Å². The van der Waals surface area contributed by atoms with Crippen LogP contribution in [-0.4, -0.2) is 60.4 Å². The van der Waals surface area contributed by atoms with Gasteiger partial charge in [-0.25, -0.2) is 14.2 Å². The number of halogens is 2. The van der Waals surface area contributed by atoms with Crippen molar-refractivity contribution < 1.29 is 19.0 Å². The number of anilines is 1. The number of nitrogens with zero attached hydrogens (tertiary/aromatic N) is 4. The van der Waals surface area contributed by atoms with Gasteiger partial charge in [-0.15, -0.1) is 0 Å².